The van der Waals surface area contributed by atoms with Crippen LogP contribution in [0.15, 0.2) is 128 Å². The molecule has 6 heterocycles. The van der Waals surface area contributed by atoms with Gasteiger partial charge in [-0.15, -0.1) is 0 Å². The van der Waals surface area contributed by atoms with Crippen LogP contribution in [0.4, 0.5) is 15.3 Å². The number of aryl methyl sites for hydroxylation is 1. The summed E-state index contributed by atoms with van der Waals surface area (Å²) in [5, 5.41) is 15.2. The Kier molecular flexibility index (Phi) is 18.6. The van der Waals surface area contributed by atoms with Crippen molar-refractivity contribution in [1.29, 1.82) is 0 Å². The van der Waals surface area contributed by atoms with Gasteiger partial charge in [0.1, 0.15) is 30.8 Å². The van der Waals surface area contributed by atoms with Crippen LogP contribution in [0.1, 0.15) is 75.0 Å². The van der Waals surface area contributed by atoms with Gasteiger partial charge in [-0.3, -0.25) is 43.7 Å². The zero-order chi connectivity index (χ0) is 55.8. The van der Waals surface area contributed by atoms with Crippen LogP contribution in [0.25, 0.3) is 39.4 Å². The van der Waals surface area contributed by atoms with E-state index in [-0.39, 0.29) is 75.7 Å². The third kappa shape index (κ3) is 15.1. The number of nitrogens with one attached hydrogen (secondary N) is 5. The third-order valence-electron chi connectivity index (χ3n) is 13.1. The molecule has 8 rings (SSSR count). The molecule has 5 aromatic heterocycles. The Labute approximate surface area is 455 Å². The maximum atomic E-state index is 14.4. The van der Waals surface area contributed by atoms with E-state index in [4.69, 9.17) is 20.4 Å². The van der Waals surface area contributed by atoms with E-state index >= 15 is 0 Å². The SMILES string of the molecule is Cc1cccc(-c2[nH]c(CN(Cc3ccccc3-c3ccncc3)C(=O)OCc3ccc(NC(=O)[C@H](CCCNC(N)=O)NC(=O)C(NC(=O)CCCCCN4C(=O)C=CC4=O)C(C)C)cc3)nc2-c2ccc3ncnn3c2)n1. The summed E-state index contributed by atoms with van der Waals surface area (Å²) in [6, 6.07) is 25.0. The summed E-state index contributed by atoms with van der Waals surface area (Å²) in [4.78, 5) is 115. The molecular weight excluding hydrogens is 1010 g/mol. The van der Waals surface area contributed by atoms with Crippen LogP contribution in [-0.4, -0.2) is 111 Å². The van der Waals surface area contributed by atoms with Crippen LogP contribution in [0.3, 0.4) is 0 Å². The molecule has 0 aliphatic carbocycles. The highest BCUT2D eigenvalue weighted by atomic mass is 16.6. The lowest BCUT2D eigenvalue weighted by molar-refractivity contribution is -0.137. The molecule has 79 heavy (non-hydrogen) atoms. The number of primary amides is 1. The predicted octanol–water partition coefficient (Wildman–Crippen LogP) is 6.39. The number of aromatic amines is 1. The van der Waals surface area contributed by atoms with Crippen molar-refractivity contribution in [3.63, 3.8) is 0 Å². The Bertz CT molecular complexity index is 3320. The number of hydrogen-bond donors (Lipinski definition) is 6. The highest BCUT2D eigenvalue weighted by molar-refractivity contribution is 6.12. The first kappa shape index (κ1) is 55.6. The van der Waals surface area contributed by atoms with Gasteiger partial charge in [0.25, 0.3) is 11.8 Å². The number of nitrogens with zero attached hydrogens (tertiary/aromatic N) is 8. The average Bonchev–Trinajstić information content (AvgIpc) is 4.34. The van der Waals surface area contributed by atoms with Gasteiger partial charge in [-0.05, 0) is 109 Å². The first-order valence-corrected chi connectivity index (χ1v) is 26.0. The van der Waals surface area contributed by atoms with Crippen LogP contribution in [-0.2, 0) is 48.4 Å². The largest absolute Gasteiger partial charge is 0.445 e. The summed E-state index contributed by atoms with van der Waals surface area (Å²) in [6.45, 7) is 5.89. The number of rotatable bonds is 25. The molecule has 7 aromatic rings. The van der Waals surface area contributed by atoms with Gasteiger partial charge in [0, 0.05) is 67.2 Å². The summed E-state index contributed by atoms with van der Waals surface area (Å²) in [6.07, 6.45) is 10.7. The minimum Gasteiger partial charge on any atom is -0.445 e. The van der Waals surface area contributed by atoms with Gasteiger partial charge < -0.3 is 36.7 Å². The molecule has 1 unspecified atom stereocenters. The number of H-pyrrole nitrogens is 1. The number of carbonyl (C=O) groups is 7. The lowest BCUT2D eigenvalue weighted by atomic mass is 10.0. The molecule has 8 amide bonds. The van der Waals surface area contributed by atoms with Crippen molar-refractivity contribution in [2.45, 2.75) is 91.1 Å². The van der Waals surface area contributed by atoms with E-state index in [1.165, 1.54) is 18.5 Å². The summed E-state index contributed by atoms with van der Waals surface area (Å²) in [7, 11) is 0. The summed E-state index contributed by atoms with van der Waals surface area (Å²) in [5.41, 5.74) is 13.1. The highest BCUT2D eigenvalue weighted by Gasteiger charge is 2.30. The molecule has 22 heteroatoms. The van der Waals surface area contributed by atoms with E-state index in [1.807, 2.05) is 79.9 Å². The first-order valence-electron chi connectivity index (χ1n) is 26.0. The maximum Gasteiger partial charge on any atom is 0.410 e. The number of aromatic nitrogens is 7. The second-order valence-electron chi connectivity index (χ2n) is 19.3. The molecule has 2 aromatic carbocycles. The molecule has 0 saturated heterocycles. The Morgan fingerprint density at radius 3 is 2.32 bits per heavy atom. The van der Waals surface area contributed by atoms with Gasteiger partial charge in [0.15, 0.2) is 5.65 Å². The van der Waals surface area contributed by atoms with Crippen LogP contribution < -0.4 is 27.0 Å². The molecular formula is C57H62N14O8. The Morgan fingerprint density at radius 2 is 1.57 bits per heavy atom. The lowest BCUT2D eigenvalue weighted by Crippen LogP contribution is -2.54. The van der Waals surface area contributed by atoms with Crippen molar-refractivity contribution in [2.75, 3.05) is 18.4 Å². The number of anilines is 1. The maximum absolute atomic E-state index is 14.4. The summed E-state index contributed by atoms with van der Waals surface area (Å²) < 4.78 is 7.68. The van der Waals surface area contributed by atoms with E-state index < -0.39 is 36.0 Å². The Hall–Kier alpha value is -9.60. The Balaban J connectivity index is 0.939. The fourth-order valence-electron chi connectivity index (χ4n) is 8.94. The van der Waals surface area contributed by atoms with E-state index in [0.717, 1.165) is 32.8 Å². The average molecular weight is 1070 g/mol. The van der Waals surface area contributed by atoms with Crippen molar-refractivity contribution < 1.29 is 38.3 Å². The van der Waals surface area contributed by atoms with Crippen LogP contribution in [0.5, 0.6) is 0 Å². The second-order valence-corrected chi connectivity index (χ2v) is 19.3. The molecule has 0 spiro atoms. The highest BCUT2D eigenvalue weighted by Crippen LogP contribution is 2.31. The van der Waals surface area contributed by atoms with Crippen LogP contribution in [0.2, 0.25) is 0 Å². The van der Waals surface area contributed by atoms with Crippen molar-refractivity contribution in [1.82, 2.24) is 60.3 Å². The van der Waals surface area contributed by atoms with Gasteiger partial charge in [-0.2, -0.15) is 5.10 Å². The molecule has 1 aliphatic heterocycles. The molecule has 22 nitrogen and oxygen atoms in total. The van der Waals surface area contributed by atoms with Crippen molar-refractivity contribution in [2.24, 2.45) is 11.7 Å². The fourth-order valence-corrected chi connectivity index (χ4v) is 8.94. The third-order valence-corrected chi connectivity index (χ3v) is 13.1. The zero-order valence-corrected chi connectivity index (χ0v) is 44.1. The minimum absolute atomic E-state index is 0.0204. The van der Waals surface area contributed by atoms with Crippen molar-refractivity contribution in [3.05, 3.63) is 151 Å². The molecule has 408 valence electrons. The van der Waals surface area contributed by atoms with E-state index in [9.17, 15) is 33.6 Å². The number of benzene rings is 2. The number of unbranched alkanes of at least 4 members (excludes halogenated alkanes) is 2. The number of amides is 8. The molecule has 0 saturated carbocycles. The monoisotopic (exact) mass is 1070 g/mol. The standard InChI is InChI=1S/C57H62N14O8/c1-36(2)51(68-48(72)16-5-4-8-30-70-49(73)23-24-50(70)74)55(76)65-45(15-10-27-60-56(58)77)54(75)64-42-20-17-38(18-21-42)34-79-57(78)69(31-40-12-6-7-13-43(40)39-25-28-59-29-26-39)33-46-66-52(41-19-22-47-61-35-62-71(47)32-41)53(67-46)44-14-9-11-37(3)63-44/h6-7,9,11-14,17-26,28-29,32,35-36,45,51H,4-5,8,10,15-16,27,30-31,33-34H2,1-3H3,(H,64,75)(H,65,76)(H,66,67)(H,68,72)(H3,58,60,77)/t45-,51?/m0/s1. The van der Waals surface area contributed by atoms with Gasteiger partial charge in [-0.1, -0.05) is 62.7 Å². The summed E-state index contributed by atoms with van der Waals surface area (Å²) >= 11 is 0. The number of carbonyl (C=O) groups excluding carboxylic acids is 7. The number of urea groups is 1. The predicted molar refractivity (Wildman–Crippen MR) is 293 cm³/mol. The lowest BCUT2D eigenvalue weighted by Gasteiger charge is -2.25. The molecule has 7 N–H and O–H groups in total. The summed E-state index contributed by atoms with van der Waals surface area (Å²) in [5.74, 6) is -2.07. The van der Waals surface area contributed by atoms with Crippen LogP contribution >= 0.6 is 0 Å². The van der Waals surface area contributed by atoms with Gasteiger partial charge in [0.2, 0.25) is 17.7 Å². The van der Waals surface area contributed by atoms with E-state index in [0.29, 0.717) is 59.1 Å². The van der Waals surface area contributed by atoms with Crippen molar-refractivity contribution >= 4 is 53.0 Å². The number of ether oxygens (including phenoxy) is 1. The number of nitrogens with two attached hydrogens (primary N) is 1. The topological polar surface area (TPSA) is 294 Å². The van der Waals surface area contributed by atoms with E-state index in [1.54, 1.807) is 59.9 Å². The minimum atomic E-state index is -1.08. The second kappa shape index (κ2) is 26.4. The number of hydrogen-bond acceptors (Lipinski definition) is 13. The molecule has 2 atom stereocenters. The number of fused-ring (bicyclic) bond motifs is 1. The number of imide groups is 1. The smallest absolute Gasteiger partial charge is 0.410 e. The molecule has 0 fully saturated rings. The van der Waals surface area contributed by atoms with Crippen LogP contribution in [0, 0.1) is 12.8 Å². The van der Waals surface area contributed by atoms with Crippen molar-refractivity contribution in [3.8, 4) is 33.8 Å². The first-order chi connectivity index (χ1) is 38.2. The molecule has 0 radical (unpaired) electrons. The number of imidazole rings is 1. The fraction of sp³-hybridized carbons (Fsp3) is 0.298. The normalized spacial score (nSPS) is 12.8. The zero-order valence-electron chi connectivity index (χ0n) is 44.1. The molecule has 0 bridgehead atoms. The quantitative estimate of drug-likeness (QED) is 0.0268. The van der Waals surface area contributed by atoms with Gasteiger partial charge in [0.05, 0.1) is 30.2 Å². The molecule has 1 aliphatic rings. The Morgan fingerprint density at radius 1 is 0.797 bits per heavy atom. The van der Waals surface area contributed by atoms with E-state index in [2.05, 4.69) is 41.3 Å². The van der Waals surface area contributed by atoms with Gasteiger partial charge in [-0.25, -0.2) is 24.1 Å². The van der Waals surface area contributed by atoms with Gasteiger partial charge >= 0.3 is 12.1 Å². The number of pyridine rings is 3.